The zero-order chi connectivity index (χ0) is 15.1. The Hall–Kier alpha value is 0.0500. The molecule has 0 aliphatic heterocycles. The van der Waals surface area contributed by atoms with E-state index in [1.54, 1.807) is 0 Å². The van der Waals surface area contributed by atoms with Crippen molar-refractivity contribution in [2.24, 2.45) is 11.8 Å². The van der Waals surface area contributed by atoms with Gasteiger partial charge < -0.3 is 14.7 Å². The first-order valence-corrected chi connectivity index (χ1v) is 7.78. The summed E-state index contributed by atoms with van der Waals surface area (Å²) in [4.78, 5) is 0. The average molecular weight is 289 g/mol. The van der Waals surface area contributed by atoms with Crippen molar-refractivity contribution >= 4 is 9.47 Å². The van der Waals surface area contributed by atoms with Crippen molar-refractivity contribution in [1.82, 2.24) is 0 Å². The van der Waals surface area contributed by atoms with Crippen LogP contribution >= 0.6 is 9.47 Å². The van der Waals surface area contributed by atoms with Crippen molar-refractivity contribution in [3.05, 3.63) is 12.2 Å². The first-order chi connectivity index (χ1) is 9.49. The molecule has 2 N–H and O–H groups in total. The molecule has 0 aromatic carbocycles. The predicted octanol–water partition coefficient (Wildman–Crippen LogP) is 3.07. The molecule has 3 atom stereocenters. The second-order valence-corrected chi connectivity index (χ2v) is 5.88. The van der Waals surface area contributed by atoms with Crippen molar-refractivity contribution < 1.29 is 16.1 Å². The fourth-order valence-corrected chi connectivity index (χ4v) is 3.12. The summed E-state index contributed by atoms with van der Waals surface area (Å²) in [6, 6.07) is 0. The molecular weight excluding hydrogens is 259 g/mol. The van der Waals surface area contributed by atoms with Crippen LogP contribution in [0.2, 0.25) is 0 Å². The van der Waals surface area contributed by atoms with Gasteiger partial charge in [0.2, 0.25) is 0 Å². The zero-order valence-corrected chi connectivity index (χ0v) is 13.1. The van der Waals surface area contributed by atoms with E-state index in [0.29, 0.717) is 12.8 Å². The van der Waals surface area contributed by atoms with Gasteiger partial charge in [0, 0.05) is 16.8 Å². The minimum Gasteiger partial charge on any atom is -0.396 e. The molecule has 1 unspecified atom stereocenters. The summed E-state index contributed by atoms with van der Waals surface area (Å²) in [5, 5.41) is 20.2. The monoisotopic (exact) mass is 289 g/mol. The smallest absolute Gasteiger partial charge is 0.0967 e. The topological polar surface area (TPSA) is 49.7 Å². The summed E-state index contributed by atoms with van der Waals surface area (Å²) in [6.45, 7) is 2.09. The molecule has 0 amide bonds. The maximum absolute atomic E-state index is 10.6. The van der Waals surface area contributed by atoms with Crippen molar-refractivity contribution in [1.29, 1.82) is 0 Å². The van der Waals surface area contributed by atoms with Gasteiger partial charge in [-0.3, -0.25) is 0 Å². The van der Waals surface area contributed by atoms with Crippen LogP contribution in [0.3, 0.4) is 0 Å². The van der Waals surface area contributed by atoms with Gasteiger partial charge in [-0.05, 0) is 18.7 Å². The van der Waals surface area contributed by atoms with E-state index in [0.717, 1.165) is 32.1 Å². The number of hydrogen-bond donors (Lipinski definition) is 2. The van der Waals surface area contributed by atoms with Crippen molar-refractivity contribution in [2.75, 3.05) is 13.2 Å². The zero-order valence-electron chi connectivity index (χ0n) is 13.0. The number of aliphatic hydroxyl groups excluding tert-OH is 1. The molecule has 0 aromatic heterocycles. The van der Waals surface area contributed by atoms with Crippen LogP contribution in [0.4, 0.5) is 0 Å². The Bertz CT molecular complexity index is 297. The van der Waals surface area contributed by atoms with E-state index in [1.165, 1.54) is 0 Å². The third-order valence-electron chi connectivity index (χ3n) is 3.99. The lowest BCUT2D eigenvalue weighted by molar-refractivity contribution is -0.0563. The summed E-state index contributed by atoms with van der Waals surface area (Å²) in [7, 11) is 2.15. The van der Waals surface area contributed by atoms with E-state index in [2.05, 4.69) is 9.47 Å². The van der Waals surface area contributed by atoms with E-state index < -0.39 is 5.60 Å². The van der Waals surface area contributed by atoms with Gasteiger partial charge >= 0.3 is 0 Å². The number of aliphatic hydroxyl groups is 2. The fraction of sp³-hybridized carbons (Fsp3) is 0.867. The molecule has 0 aromatic rings. The molecule has 1 aliphatic rings. The number of rotatable bonds is 9. The lowest BCUT2D eigenvalue weighted by Gasteiger charge is -2.32. The Kier molecular flexibility index (Phi) is 7.37. The predicted molar refractivity (Wildman–Crippen MR) is 81.8 cm³/mol. The lowest BCUT2D eigenvalue weighted by Crippen LogP contribution is -2.42. The van der Waals surface area contributed by atoms with Gasteiger partial charge in [-0.2, -0.15) is 0 Å². The molecule has 1 fully saturated rings. The van der Waals surface area contributed by atoms with Gasteiger partial charge in [0.05, 0.1) is 18.8 Å². The quantitative estimate of drug-likeness (QED) is 0.506. The molecule has 0 bridgehead atoms. The van der Waals surface area contributed by atoms with Gasteiger partial charge in [-0.25, -0.2) is 0 Å². The highest BCUT2D eigenvalue weighted by Crippen LogP contribution is 2.29. The summed E-state index contributed by atoms with van der Waals surface area (Å²) in [6.07, 6.45) is 10.1. The average Bonchev–Trinajstić information content (AvgIpc) is 2.82. The molecule has 0 spiro atoms. The molecular formula is C15H29O3P. The molecule has 0 radical (unpaired) electrons. The number of allylic oxidation sites excluding steroid dienone is 1. The van der Waals surface area contributed by atoms with Gasteiger partial charge in [-0.1, -0.05) is 51.2 Å². The third kappa shape index (κ3) is 5.51. The summed E-state index contributed by atoms with van der Waals surface area (Å²) in [5.41, 5.74) is -1.04. The maximum Gasteiger partial charge on any atom is 0.0967 e. The molecule has 4 heteroatoms. The minimum atomic E-state index is -1.04. The Morgan fingerprint density at radius 3 is 2.74 bits per heavy atom. The van der Waals surface area contributed by atoms with Crippen LogP contribution in [-0.2, 0) is 4.52 Å². The third-order valence-corrected chi connectivity index (χ3v) is 4.16. The molecule has 1 aliphatic carbocycles. The normalized spacial score (nSPS) is 24.3. The van der Waals surface area contributed by atoms with Crippen LogP contribution in [0.15, 0.2) is 12.2 Å². The highest BCUT2D eigenvalue weighted by atomic mass is 31.0. The molecule has 0 saturated heterocycles. The summed E-state index contributed by atoms with van der Waals surface area (Å²) in [5.74, 6) is -0.677. The first kappa shape index (κ1) is 15.4. The summed E-state index contributed by atoms with van der Waals surface area (Å²) >= 11 is 0. The molecule has 3 nitrogen and oxygen atoms in total. The van der Waals surface area contributed by atoms with E-state index in [9.17, 15) is 10.2 Å². The molecule has 1 rings (SSSR count). The standard InChI is InChI=1S/C15H29O3P/c1-2-10-15(17,12-18-19)14(11-16)9-5-8-13-6-3-4-7-13/h5,9,13-14,16-17H,2-4,6-8,10-12,19H2,1H3/b9-5+/t14-,15+/m1/s1/i13D. The van der Waals surface area contributed by atoms with Crippen molar-refractivity contribution in [2.45, 2.75) is 57.5 Å². The summed E-state index contributed by atoms with van der Waals surface area (Å²) < 4.78 is 13.3. The van der Waals surface area contributed by atoms with Gasteiger partial charge in [-0.15, -0.1) is 0 Å². The van der Waals surface area contributed by atoms with Gasteiger partial charge in [0.15, 0.2) is 0 Å². The molecule has 19 heavy (non-hydrogen) atoms. The number of hydrogen-bond acceptors (Lipinski definition) is 3. The van der Waals surface area contributed by atoms with Crippen LogP contribution in [0.5, 0.6) is 0 Å². The largest absolute Gasteiger partial charge is 0.396 e. The van der Waals surface area contributed by atoms with Crippen LogP contribution in [0, 0.1) is 11.8 Å². The van der Waals surface area contributed by atoms with E-state index in [-0.39, 0.29) is 25.0 Å². The fourth-order valence-electron chi connectivity index (χ4n) is 2.83. The van der Waals surface area contributed by atoms with E-state index >= 15 is 0 Å². The van der Waals surface area contributed by atoms with Gasteiger partial charge in [0.1, 0.15) is 0 Å². The Morgan fingerprint density at radius 1 is 1.53 bits per heavy atom. The second kappa shape index (κ2) is 9.07. The SMILES string of the molecule is [2H]C1(C/C=C/[C@H](CO)[C@](O)(CCC)COP)CCCC1. The van der Waals surface area contributed by atoms with Crippen molar-refractivity contribution in [3.8, 4) is 0 Å². The molecule has 112 valence electrons. The Balaban J connectivity index is 2.63. The highest BCUT2D eigenvalue weighted by molar-refractivity contribution is 7.09. The van der Waals surface area contributed by atoms with Crippen LogP contribution in [0.1, 0.15) is 53.2 Å². The van der Waals surface area contributed by atoms with E-state index in [1.807, 2.05) is 19.1 Å². The van der Waals surface area contributed by atoms with Crippen molar-refractivity contribution in [3.63, 3.8) is 0 Å². The maximum atomic E-state index is 10.6. The van der Waals surface area contributed by atoms with Gasteiger partial charge in [0.25, 0.3) is 0 Å². The molecule has 1 saturated carbocycles. The minimum absolute atomic E-state index is 0.105. The van der Waals surface area contributed by atoms with Crippen LogP contribution < -0.4 is 0 Å². The second-order valence-electron chi connectivity index (χ2n) is 5.54. The van der Waals surface area contributed by atoms with Crippen LogP contribution in [-0.4, -0.2) is 29.0 Å². The van der Waals surface area contributed by atoms with E-state index in [4.69, 9.17) is 5.89 Å². The Labute approximate surface area is 121 Å². The molecule has 0 heterocycles. The van der Waals surface area contributed by atoms with Crippen LogP contribution in [0.25, 0.3) is 0 Å². The first-order valence-electron chi connectivity index (χ1n) is 7.81. The Morgan fingerprint density at radius 2 is 2.21 bits per heavy atom. The lowest BCUT2D eigenvalue weighted by atomic mass is 9.84. The highest BCUT2D eigenvalue weighted by Gasteiger charge is 2.34.